The average molecular weight is 196 g/mol. The lowest BCUT2D eigenvalue weighted by Crippen LogP contribution is -2.44. The molecule has 2 aliphatic rings. The monoisotopic (exact) mass is 196 g/mol. The largest absolute Gasteiger partial charge is 0.351 e. The van der Waals surface area contributed by atoms with Gasteiger partial charge in [0.2, 0.25) is 5.91 Å². The first-order valence-corrected chi connectivity index (χ1v) is 5.54. The normalized spacial score (nSPS) is 39.5. The number of carbonyl (C=O) groups is 1. The van der Waals surface area contributed by atoms with Crippen molar-refractivity contribution in [3.05, 3.63) is 0 Å². The lowest BCUT2D eigenvalue weighted by atomic mass is 10.0. The van der Waals surface area contributed by atoms with Crippen molar-refractivity contribution >= 4 is 5.91 Å². The molecule has 0 aromatic carbocycles. The number of amides is 1. The Morgan fingerprint density at radius 3 is 2.57 bits per heavy atom. The van der Waals surface area contributed by atoms with Crippen LogP contribution >= 0.6 is 0 Å². The molecule has 1 heterocycles. The number of hydrogen-bond acceptors (Lipinski definition) is 2. The molecule has 3 unspecified atom stereocenters. The van der Waals surface area contributed by atoms with Gasteiger partial charge in [0, 0.05) is 6.04 Å². The third-order valence-corrected chi connectivity index (χ3v) is 3.65. The SMILES string of the molecule is CC1CCNC1C(=O)NC1CC1(C)C. The van der Waals surface area contributed by atoms with Gasteiger partial charge in [0.25, 0.3) is 0 Å². The van der Waals surface area contributed by atoms with Crippen LogP contribution in [0.1, 0.15) is 33.6 Å². The van der Waals surface area contributed by atoms with E-state index in [0.29, 0.717) is 17.4 Å². The minimum Gasteiger partial charge on any atom is -0.351 e. The Kier molecular flexibility index (Phi) is 2.30. The molecule has 2 fully saturated rings. The van der Waals surface area contributed by atoms with E-state index in [9.17, 15) is 4.79 Å². The Morgan fingerprint density at radius 2 is 2.14 bits per heavy atom. The molecule has 0 spiro atoms. The minimum absolute atomic E-state index is 0.0476. The van der Waals surface area contributed by atoms with E-state index in [2.05, 4.69) is 31.4 Å². The van der Waals surface area contributed by atoms with Gasteiger partial charge in [-0.25, -0.2) is 0 Å². The van der Waals surface area contributed by atoms with Crippen molar-refractivity contribution in [1.82, 2.24) is 10.6 Å². The topological polar surface area (TPSA) is 41.1 Å². The van der Waals surface area contributed by atoms with Crippen LogP contribution in [0.2, 0.25) is 0 Å². The summed E-state index contributed by atoms with van der Waals surface area (Å²) in [7, 11) is 0. The van der Waals surface area contributed by atoms with Crippen molar-refractivity contribution in [2.24, 2.45) is 11.3 Å². The molecule has 1 aliphatic heterocycles. The predicted molar refractivity (Wildman–Crippen MR) is 55.9 cm³/mol. The zero-order chi connectivity index (χ0) is 10.3. The van der Waals surface area contributed by atoms with Gasteiger partial charge in [-0.05, 0) is 30.7 Å². The molecule has 0 bridgehead atoms. The van der Waals surface area contributed by atoms with E-state index in [1.165, 1.54) is 0 Å². The summed E-state index contributed by atoms with van der Waals surface area (Å²) in [5.74, 6) is 0.683. The number of nitrogens with one attached hydrogen (secondary N) is 2. The van der Waals surface area contributed by atoms with Gasteiger partial charge in [0.1, 0.15) is 0 Å². The van der Waals surface area contributed by atoms with Gasteiger partial charge in [-0.15, -0.1) is 0 Å². The van der Waals surface area contributed by atoms with Gasteiger partial charge in [0.05, 0.1) is 6.04 Å². The van der Waals surface area contributed by atoms with Crippen molar-refractivity contribution < 1.29 is 4.79 Å². The Labute approximate surface area is 85.6 Å². The van der Waals surface area contributed by atoms with E-state index in [1.807, 2.05) is 0 Å². The fourth-order valence-electron chi connectivity index (χ4n) is 2.16. The van der Waals surface area contributed by atoms with Crippen molar-refractivity contribution in [2.45, 2.75) is 45.7 Å². The minimum atomic E-state index is 0.0476. The zero-order valence-corrected chi connectivity index (χ0v) is 9.26. The molecule has 14 heavy (non-hydrogen) atoms. The highest BCUT2D eigenvalue weighted by Crippen LogP contribution is 2.44. The predicted octanol–water partition coefficient (Wildman–Crippen LogP) is 0.899. The van der Waals surface area contributed by atoms with E-state index < -0.39 is 0 Å². The van der Waals surface area contributed by atoms with E-state index in [-0.39, 0.29) is 11.9 Å². The Bertz CT molecular complexity index is 250. The van der Waals surface area contributed by atoms with Gasteiger partial charge in [-0.1, -0.05) is 20.8 Å². The second-order valence-electron chi connectivity index (χ2n) is 5.45. The molecule has 0 aromatic heterocycles. The molecule has 0 aromatic rings. The van der Waals surface area contributed by atoms with E-state index in [4.69, 9.17) is 0 Å². The first-order chi connectivity index (χ1) is 6.50. The number of rotatable bonds is 2. The summed E-state index contributed by atoms with van der Waals surface area (Å²) in [6.07, 6.45) is 2.24. The van der Waals surface area contributed by atoms with Crippen molar-refractivity contribution in [2.75, 3.05) is 6.54 Å². The molecule has 0 radical (unpaired) electrons. The number of hydrogen-bond donors (Lipinski definition) is 2. The summed E-state index contributed by atoms with van der Waals surface area (Å²) in [5, 5.41) is 6.37. The molecule has 2 N–H and O–H groups in total. The van der Waals surface area contributed by atoms with Gasteiger partial charge in [-0.2, -0.15) is 0 Å². The summed E-state index contributed by atoms with van der Waals surface area (Å²) in [6.45, 7) is 7.52. The maximum atomic E-state index is 11.8. The summed E-state index contributed by atoms with van der Waals surface area (Å²) >= 11 is 0. The molecule has 3 atom stereocenters. The lowest BCUT2D eigenvalue weighted by Gasteiger charge is -2.16. The molecule has 3 heteroatoms. The Balaban J connectivity index is 1.84. The molecule has 80 valence electrons. The molecular weight excluding hydrogens is 176 g/mol. The summed E-state index contributed by atoms with van der Waals surface area (Å²) in [5.41, 5.74) is 0.331. The standard InChI is InChI=1S/C11H20N2O/c1-7-4-5-12-9(7)10(14)13-8-6-11(8,2)3/h7-9,12H,4-6H2,1-3H3,(H,13,14). The third kappa shape index (κ3) is 1.78. The highest BCUT2D eigenvalue weighted by molar-refractivity contribution is 5.83. The molecule has 2 rings (SSSR count). The van der Waals surface area contributed by atoms with Crippen LogP contribution in [0.15, 0.2) is 0 Å². The smallest absolute Gasteiger partial charge is 0.237 e. The molecule has 1 aliphatic carbocycles. The quantitative estimate of drug-likeness (QED) is 0.689. The highest BCUT2D eigenvalue weighted by atomic mass is 16.2. The van der Waals surface area contributed by atoms with E-state index in [1.54, 1.807) is 0 Å². The average Bonchev–Trinajstić information content (AvgIpc) is 2.53. The first kappa shape index (κ1) is 9.97. The maximum absolute atomic E-state index is 11.8. The van der Waals surface area contributed by atoms with Crippen LogP contribution in [0, 0.1) is 11.3 Å². The van der Waals surface area contributed by atoms with Crippen LogP contribution in [0.4, 0.5) is 0 Å². The Hall–Kier alpha value is -0.570. The Morgan fingerprint density at radius 1 is 1.50 bits per heavy atom. The van der Waals surface area contributed by atoms with E-state index in [0.717, 1.165) is 19.4 Å². The second-order valence-corrected chi connectivity index (χ2v) is 5.45. The van der Waals surface area contributed by atoms with Crippen molar-refractivity contribution in [3.8, 4) is 0 Å². The molecule has 3 nitrogen and oxygen atoms in total. The van der Waals surface area contributed by atoms with Gasteiger partial charge in [-0.3, -0.25) is 4.79 Å². The second kappa shape index (κ2) is 3.23. The van der Waals surface area contributed by atoms with Crippen molar-refractivity contribution in [1.29, 1.82) is 0 Å². The molecule has 1 saturated heterocycles. The highest BCUT2D eigenvalue weighted by Gasteiger charge is 2.47. The van der Waals surface area contributed by atoms with Gasteiger partial charge in [0.15, 0.2) is 0 Å². The van der Waals surface area contributed by atoms with Gasteiger partial charge < -0.3 is 10.6 Å². The summed E-state index contributed by atoms with van der Waals surface area (Å²) in [4.78, 5) is 11.8. The third-order valence-electron chi connectivity index (χ3n) is 3.65. The van der Waals surface area contributed by atoms with Gasteiger partial charge >= 0.3 is 0 Å². The fraction of sp³-hybridized carbons (Fsp3) is 0.909. The molecule has 1 amide bonds. The van der Waals surface area contributed by atoms with Crippen LogP contribution in [-0.2, 0) is 4.79 Å². The number of carbonyl (C=O) groups excluding carboxylic acids is 1. The zero-order valence-electron chi connectivity index (χ0n) is 9.26. The fourth-order valence-corrected chi connectivity index (χ4v) is 2.16. The van der Waals surface area contributed by atoms with Crippen LogP contribution < -0.4 is 10.6 Å². The van der Waals surface area contributed by atoms with Crippen LogP contribution in [-0.4, -0.2) is 24.5 Å². The summed E-state index contributed by atoms with van der Waals surface area (Å²) in [6, 6.07) is 0.455. The van der Waals surface area contributed by atoms with Crippen LogP contribution in [0.3, 0.4) is 0 Å². The van der Waals surface area contributed by atoms with E-state index >= 15 is 0 Å². The first-order valence-electron chi connectivity index (χ1n) is 5.54. The summed E-state index contributed by atoms with van der Waals surface area (Å²) < 4.78 is 0. The van der Waals surface area contributed by atoms with Crippen LogP contribution in [0.25, 0.3) is 0 Å². The molecule has 1 saturated carbocycles. The van der Waals surface area contributed by atoms with Crippen LogP contribution in [0.5, 0.6) is 0 Å². The maximum Gasteiger partial charge on any atom is 0.237 e. The molecular formula is C11H20N2O. The van der Waals surface area contributed by atoms with Crippen molar-refractivity contribution in [3.63, 3.8) is 0 Å². The lowest BCUT2D eigenvalue weighted by molar-refractivity contribution is -0.123.